The Labute approximate surface area is 266 Å². The van der Waals surface area contributed by atoms with E-state index in [0.717, 1.165) is 49.9 Å². The van der Waals surface area contributed by atoms with Crippen molar-refractivity contribution in [3.8, 4) is 0 Å². The quantitative estimate of drug-likeness (QED) is 0.152. The molecule has 4 aromatic heterocycles. The highest BCUT2D eigenvalue weighted by Crippen LogP contribution is 2.38. The summed E-state index contributed by atoms with van der Waals surface area (Å²) in [5.41, 5.74) is 4.74. The van der Waals surface area contributed by atoms with E-state index in [9.17, 15) is 0 Å². The Hall–Kier alpha value is -2.69. The molecule has 12 heteroatoms. The van der Waals surface area contributed by atoms with Crippen LogP contribution in [0.15, 0.2) is 98.1 Å². The highest BCUT2D eigenvalue weighted by molar-refractivity contribution is 6.93. The fourth-order valence-corrected chi connectivity index (χ4v) is 29.0. The predicted molar refractivity (Wildman–Crippen MR) is 182 cm³/mol. The molecular weight excluding hydrogens is 617 g/mol. The van der Waals surface area contributed by atoms with E-state index in [2.05, 4.69) is 70.4 Å². The minimum atomic E-state index is -2.77. The molecule has 5 rings (SSSR count). The SMILES string of the molecule is C[Si]1(CCc2cccnc2)O[Si](C)(CCc2cccnc2)O[Si](C)(CCc2cccnc2)O[Si](C)(CCc2cccnc2)O1. The second-order valence-corrected chi connectivity index (χ2v) is 26.7. The van der Waals surface area contributed by atoms with Crippen LogP contribution in [0.4, 0.5) is 0 Å². The van der Waals surface area contributed by atoms with Crippen LogP contribution in [0.1, 0.15) is 22.3 Å². The van der Waals surface area contributed by atoms with Gasteiger partial charge in [0.1, 0.15) is 0 Å². The van der Waals surface area contributed by atoms with Crippen molar-refractivity contribution in [2.75, 3.05) is 0 Å². The molecule has 1 fully saturated rings. The number of pyridine rings is 4. The van der Waals surface area contributed by atoms with Crippen LogP contribution in [0, 0.1) is 0 Å². The molecule has 0 N–H and O–H groups in total. The molecule has 0 unspecified atom stereocenters. The average molecular weight is 661 g/mol. The van der Waals surface area contributed by atoms with E-state index in [1.165, 1.54) is 22.3 Å². The van der Waals surface area contributed by atoms with E-state index >= 15 is 0 Å². The standard InChI is InChI=1S/C32H44N4O4Si4/c1-41(21-13-29-9-5-17-33-25-29)37-42(2,22-14-30-10-6-18-34-26-30)39-44(4,24-16-32-12-8-20-36-28-32)40-43(3,38-41)23-15-31-11-7-19-35-27-31/h5-12,17-20,25-28H,13-16,21-24H2,1-4H3. The van der Waals surface area contributed by atoms with Crippen LogP contribution >= 0.6 is 0 Å². The first-order valence-electron chi connectivity index (χ1n) is 15.5. The van der Waals surface area contributed by atoms with Crippen LogP contribution in [0.5, 0.6) is 0 Å². The third-order valence-electron chi connectivity index (χ3n) is 8.09. The fourth-order valence-electron chi connectivity index (χ4n) is 5.99. The molecule has 0 spiro atoms. The smallest absolute Gasteiger partial charge is 0.317 e. The molecule has 232 valence electrons. The maximum atomic E-state index is 7.36. The van der Waals surface area contributed by atoms with E-state index < -0.39 is 34.2 Å². The number of hydrogen-bond acceptors (Lipinski definition) is 8. The van der Waals surface area contributed by atoms with E-state index in [1.807, 2.05) is 73.8 Å². The van der Waals surface area contributed by atoms with Gasteiger partial charge >= 0.3 is 34.2 Å². The maximum absolute atomic E-state index is 7.36. The number of rotatable bonds is 12. The van der Waals surface area contributed by atoms with Gasteiger partial charge in [-0.05, 0) is 123 Å². The van der Waals surface area contributed by atoms with E-state index in [-0.39, 0.29) is 0 Å². The van der Waals surface area contributed by atoms with Crippen LogP contribution < -0.4 is 0 Å². The lowest BCUT2D eigenvalue weighted by Crippen LogP contribution is -2.67. The highest BCUT2D eigenvalue weighted by atomic mass is 28.5. The first kappa shape index (κ1) is 32.7. The molecule has 4 aromatic rings. The Morgan fingerprint density at radius 1 is 0.409 bits per heavy atom. The molecule has 8 nitrogen and oxygen atoms in total. The maximum Gasteiger partial charge on any atom is 0.317 e. The molecule has 0 bridgehead atoms. The van der Waals surface area contributed by atoms with Crippen LogP contribution in [0.3, 0.4) is 0 Å². The minimum Gasteiger partial charge on any atom is -0.416 e. The molecule has 0 amide bonds. The lowest BCUT2D eigenvalue weighted by Gasteiger charge is -2.50. The van der Waals surface area contributed by atoms with Crippen molar-refractivity contribution in [1.29, 1.82) is 0 Å². The van der Waals surface area contributed by atoms with Crippen LogP contribution in [-0.4, -0.2) is 54.2 Å². The summed E-state index contributed by atoms with van der Waals surface area (Å²) in [5.74, 6) is 0. The number of hydrogen-bond donors (Lipinski definition) is 0. The van der Waals surface area contributed by atoms with Gasteiger partial charge in [0.15, 0.2) is 0 Å². The molecular formula is C32H44N4O4Si4. The summed E-state index contributed by atoms with van der Waals surface area (Å²) in [6, 6.07) is 19.7. The summed E-state index contributed by atoms with van der Waals surface area (Å²) < 4.78 is 29.4. The van der Waals surface area contributed by atoms with Gasteiger partial charge in [0.05, 0.1) is 0 Å². The van der Waals surface area contributed by atoms with Gasteiger partial charge in [0.25, 0.3) is 0 Å². The highest BCUT2D eigenvalue weighted by Gasteiger charge is 2.56. The Balaban J connectivity index is 1.45. The fraction of sp³-hybridized carbons (Fsp3) is 0.375. The Kier molecular flexibility index (Phi) is 10.8. The van der Waals surface area contributed by atoms with Gasteiger partial charge in [0, 0.05) is 49.6 Å². The number of aromatic nitrogens is 4. The van der Waals surface area contributed by atoms with Gasteiger partial charge in [-0.3, -0.25) is 19.9 Å². The Morgan fingerprint density at radius 2 is 0.636 bits per heavy atom. The molecule has 1 aliphatic heterocycles. The molecule has 0 saturated carbocycles. The summed E-state index contributed by atoms with van der Waals surface area (Å²) in [5, 5.41) is 0. The normalized spacial score (nSPS) is 27.4. The first-order chi connectivity index (χ1) is 21.1. The average Bonchev–Trinajstić information content (AvgIpc) is 3.02. The third-order valence-corrected chi connectivity index (χ3v) is 26.5. The summed E-state index contributed by atoms with van der Waals surface area (Å²) in [4.78, 5) is 17.4. The Bertz CT molecular complexity index is 1210. The summed E-state index contributed by atoms with van der Waals surface area (Å²) in [7, 11) is -11.1. The van der Waals surface area contributed by atoms with E-state index in [0.29, 0.717) is 0 Å². The Morgan fingerprint density at radius 3 is 0.818 bits per heavy atom. The van der Waals surface area contributed by atoms with Crippen LogP contribution in [-0.2, 0) is 42.1 Å². The van der Waals surface area contributed by atoms with Gasteiger partial charge in [0.2, 0.25) is 0 Å². The molecule has 0 aromatic carbocycles. The second-order valence-electron chi connectivity index (χ2n) is 12.4. The lowest BCUT2D eigenvalue weighted by molar-refractivity contribution is 0.222. The topological polar surface area (TPSA) is 88.5 Å². The van der Waals surface area contributed by atoms with Crippen molar-refractivity contribution >= 4 is 34.2 Å². The van der Waals surface area contributed by atoms with Crippen molar-refractivity contribution in [3.05, 3.63) is 120 Å². The van der Waals surface area contributed by atoms with Crippen LogP contribution in [0.25, 0.3) is 0 Å². The lowest BCUT2D eigenvalue weighted by atomic mass is 10.2. The van der Waals surface area contributed by atoms with E-state index in [4.69, 9.17) is 16.5 Å². The van der Waals surface area contributed by atoms with Gasteiger partial charge in [-0.1, -0.05) is 24.3 Å². The number of aryl methyl sites for hydroxylation is 4. The summed E-state index contributed by atoms with van der Waals surface area (Å²) in [6.45, 7) is 8.89. The van der Waals surface area contributed by atoms with Crippen molar-refractivity contribution in [3.63, 3.8) is 0 Å². The molecule has 0 radical (unpaired) electrons. The minimum absolute atomic E-state index is 0.810. The molecule has 1 saturated heterocycles. The third kappa shape index (κ3) is 9.65. The molecule has 5 heterocycles. The first-order valence-corrected chi connectivity index (χ1v) is 25.6. The second kappa shape index (κ2) is 14.6. The van der Waals surface area contributed by atoms with Crippen molar-refractivity contribution < 1.29 is 16.5 Å². The largest absolute Gasteiger partial charge is 0.416 e. The molecule has 1 aliphatic rings. The summed E-state index contributed by atoms with van der Waals surface area (Å²) in [6.07, 6.45) is 18.4. The van der Waals surface area contributed by atoms with Gasteiger partial charge in [-0.15, -0.1) is 0 Å². The molecule has 0 atom stereocenters. The van der Waals surface area contributed by atoms with Gasteiger partial charge < -0.3 is 16.5 Å². The number of nitrogens with zero attached hydrogens (tertiary/aromatic N) is 4. The van der Waals surface area contributed by atoms with Crippen molar-refractivity contribution in [2.45, 2.75) is 76.0 Å². The summed E-state index contributed by atoms with van der Waals surface area (Å²) >= 11 is 0. The monoisotopic (exact) mass is 660 g/mol. The van der Waals surface area contributed by atoms with Crippen molar-refractivity contribution in [1.82, 2.24) is 19.9 Å². The van der Waals surface area contributed by atoms with Gasteiger partial charge in [-0.25, -0.2) is 0 Å². The van der Waals surface area contributed by atoms with Crippen LogP contribution in [0.2, 0.25) is 50.4 Å². The van der Waals surface area contributed by atoms with Crippen molar-refractivity contribution in [2.24, 2.45) is 0 Å². The predicted octanol–water partition coefficient (Wildman–Crippen LogP) is 6.91. The molecule has 0 aliphatic carbocycles. The van der Waals surface area contributed by atoms with E-state index in [1.54, 1.807) is 0 Å². The zero-order valence-corrected chi connectivity index (χ0v) is 30.3. The zero-order valence-electron chi connectivity index (χ0n) is 26.3. The molecule has 44 heavy (non-hydrogen) atoms. The van der Waals surface area contributed by atoms with Gasteiger partial charge in [-0.2, -0.15) is 0 Å². The zero-order chi connectivity index (χ0) is 30.9.